The van der Waals surface area contributed by atoms with Crippen molar-refractivity contribution in [3.8, 4) is 12.3 Å². The van der Waals surface area contributed by atoms with Crippen LogP contribution in [0.5, 0.6) is 0 Å². The lowest BCUT2D eigenvalue weighted by atomic mass is 9.99. The van der Waals surface area contributed by atoms with Crippen molar-refractivity contribution in [2.75, 3.05) is 19.6 Å². The van der Waals surface area contributed by atoms with Gasteiger partial charge in [-0.05, 0) is 32.4 Å². The van der Waals surface area contributed by atoms with Crippen molar-refractivity contribution in [1.29, 1.82) is 0 Å². The number of nitrogens with zero attached hydrogens (tertiary/aromatic N) is 1. The summed E-state index contributed by atoms with van der Waals surface area (Å²) in [7, 11) is 0. The summed E-state index contributed by atoms with van der Waals surface area (Å²) < 4.78 is 0. The predicted octanol–water partition coefficient (Wildman–Crippen LogP) is 2.16. The molecular formula is C10H18ClN. The summed E-state index contributed by atoms with van der Waals surface area (Å²) in [5, 5.41) is 0. The van der Waals surface area contributed by atoms with Crippen molar-refractivity contribution in [3.05, 3.63) is 0 Å². The third-order valence-electron chi connectivity index (χ3n) is 2.28. The zero-order valence-electron chi connectivity index (χ0n) is 7.75. The maximum absolute atomic E-state index is 5.38. The van der Waals surface area contributed by atoms with Crippen molar-refractivity contribution < 1.29 is 0 Å². The Hall–Kier alpha value is -0.190. The summed E-state index contributed by atoms with van der Waals surface area (Å²) >= 11 is 0. The van der Waals surface area contributed by atoms with Crippen LogP contribution in [0.15, 0.2) is 0 Å². The molecule has 0 spiro atoms. The minimum absolute atomic E-state index is 0. The van der Waals surface area contributed by atoms with Crippen molar-refractivity contribution >= 4 is 12.4 Å². The fraction of sp³-hybridized carbons (Fsp3) is 0.800. The molecule has 0 amide bonds. The first-order valence-electron chi connectivity index (χ1n) is 4.55. The molecule has 0 bridgehead atoms. The number of rotatable bonds is 2. The minimum atomic E-state index is 0. The SMILES string of the molecule is C#CC1CCCN(CCC)C1.Cl. The van der Waals surface area contributed by atoms with Gasteiger partial charge in [0.15, 0.2) is 0 Å². The molecule has 1 saturated heterocycles. The predicted molar refractivity (Wildman–Crippen MR) is 55.5 cm³/mol. The smallest absolute Gasteiger partial charge is 0.0328 e. The maximum atomic E-state index is 5.38. The topological polar surface area (TPSA) is 3.24 Å². The van der Waals surface area contributed by atoms with E-state index in [4.69, 9.17) is 6.42 Å². The monoisotopic (exact) mass is 187 g/mol. The van der Waals surface area contributed by atoms with Gasteiger partial charge in [-0.2, -0.15) is 0 Å². The largest absolute Gasteiger partial charge is 0.302 e. The molecule has 1 rings (SSSR count). The first-order valence-corrected chi connectivity index (χ1v) is 4.55. The molecule has 1 nitrogen and oxygen atoms in total. The highest BCUT2D eigenvalue weighted by Crippen LogP contribution is 2.14. The van der Waals surface area contributed by atoms with E-state index in [-0.39, 0.29) is 12.4 Å². The van der Waals surface area contributed by atoms with Gasteiger partial charge in [0.05, 0.1) is 0 Å². The molecule has 1 heterocycles. The van der Waals surface area contributed by atoms with Gasteiger partial charge < -0.3 is 4.90 Å². The Labute approximate surface area is 81.9 Å². The summed E-state index contributed by atoms with van der Waals surface area (Å²) in [6, 6.07) is 0. The fourth-order valence-corrected chi connectivity index (χ4v) is 1.71. The molecule has 1 aliphatic heterocycles. The average molecular weight is 188 g/mol. The molecule has 2 heteroatoms. The second-order valence-corrected chi connectivity index (χ2v) is 3.31. The average Bonchev–Trinajstić information content (AvgIpc) is 2.06. The van der Waals surface area contributed by atoms with Crippen LogP contribution in [0.4, 0.5) is 0 Å². The zero-order chi connectivity index (χ0) is 8.10. The van der Waals surface area contributed by atoms with Gasteiger partial charge in [-0.15, -0.1) is 24.8 Å². The van der Waals surface area contributed by atoms with E-state index in [2.05, 4.69) is 17.7 Å². The zero-order valence-corrected chi connectivity index (χ0v) is 8.57. The van der Waals surface area contributed by atoms with E-state index in [0.29, 0.717) is 5.92 Å². The molecule has 1 aliphatic rings. The van der Waals surface area contributed by atoms with Crippen LogP contribution in [0.25, 0.3) is 0 Å². The Morgan fingerprint density at radius 1 is 1.58 bits per heavy atom. The number of hydrogen-bond donors (Lipinski definition) is 0. The van der Waals surface area contributed by atoms with Gasteiger partial charge in [0.1, 0.15) is 0 Å². The van der Waals surface area contributed by atoms with Gasteiger partial charge in [-0.3, -0.25) is 0 Å². The highest BCUT2D eigenvalue weighted by molar-refractivity contribution is 5.85. The van der Waals surface area contributed by atoms with E-state index in [1.165, 1.54) is 32.4 Å². The number of likely N-dealkylation sites (tertiary alicyclic amines) is 1. The maximum Gasteiger partial charge on any atom is 0.0328 e. The summed E-state index contributed by atoms with van der Waals surface area (Å²) in [6.07, 6.45) is 9.15. The van der Waals surface area contributed by atoms with Gasteiger partial charge in [-0.1, -0.05) is 6.92 Å². The molecule has 1 unspecified atom stereocenters. The lowest BCUT2D eigenvalue weighted by molar-refractivity contribution is 0.201. The third kappa shape index (κ3) is 3.47. The van der Waals surface area contributed by atoms with E-state index in [9.17, 15) is 0 Å². The first kappa shape index (κ1) is 11.8. The molecule has 0 aromatic carbocycles. The number of piperidine rings is 1. The number of halogens is 1. The Balaban J connectivity index is 0.00000121. The van der Waals surface area contributed by atoms with Crippen molar-refractivity contribution in [1.82, 2.24) is 4.90 Å². The molecule has 0 aromatic heterocycles. The molecular weight excluding hydrogens is 170 g/mol. The summed E-state index contributed by atoms with van der Waals surface area (Å²) in [4.78, 5) is 2.48. The molecule has 0 aliphatic carbocycles. The van der Waals surface area contributed by atoms with E-state index < -0.39 is 0 Å². The summed E-state index contributed by atoms with van der Waals surface area (Å²) in [5.41, 5.74) is 0. The molecule has 1 atom stereocenters. The molecule has 12 heavy (non-hydrogen) atoms. The second kappa shape index (κ2) is 6.34. The van der Waals surface area contributed by atoms with E-state index in [1.807, 2.05) is 0 Å². The minimum Gasteiger partial charge on any atom is -0.302 e. The molecule has 0 saturated carbocycles. The van der Waals surface area contributed by atoms with Crippen molar-refractivity contribution in [2.45, 2.75) is 26.2 Å². The molecule has 70 valence electrons. The Kier molecular flexibility index (Phi) is 6.24. The van der Waals surface area contributed by atoms with E-state index in [0.717, 1.165) is 6.54 Å². The first-order chi connectivity index (χ1) is 5.36. The quantitative estimate of drug-likeness (QED) is 0.599. The van der Waals surface area contributed by atoms with Gasteiger partial charge in [0.25, 0.3) is 0 Å². The molecule has 0 radical (unpaired) electrons. The van der Waals surface area contributed by atoms with Crippen LogP contribution in [0.3, 0.4) is 0 Å². The van der Waals surface area contributed by atoms with Crippen LogP contribution in [-0.4, -0.2) is 24.5 Å². The van der Waals surface area contributed by atoms with Crippen LogP contribution in [0.2, 0.25) is 0 Å². The lowest BCUT2D eigenvalue weighted by Gasteiger charge is -2.29. The standard InChI is InChI=1S/C10H17N.ClH/c1-3-7-11-8-5-6-10(4-2)9-11;/h2,10H,3,5-9H2,1H3;1H. The normalized spacial score (nSPS) is 24.2. The Bertz CT molecular complexity index is 148. The molecule has 0 N–H and O–H groups in total. The van der Waals surface area contributed by atoms with E-state index >= 15 is 0 Å². The Morgan fingerprint density at radius 3 is 2.92 bits per heavy atom. The molecule has 0 aromatic rings. The van der Waals surface area contributed by atoms with Gasteiger partial charge >= 0.3 is 0 Å². The van der Waals surface area contributed by atoms with Crippen molar-refractivity contribution in [2.24, 2.45) is 5.92 Å². The van der Waals surface area contributed by atoms with Crippen LogP contribution >= 0.6 is 12.4 Å². The fourth-order valence-electron chi connectivity index (χ4n) is 1.71. The lowest BCUT2D eigenvalue weighted by Crippen LogP contribution is -2.35. The number of terminal acetylenes is 1. The third-order valence-corrected chi connectivity index (χ3v) is 2.28. The summed E-state index contributed by atoms with van der Waals surface area (Å²) in [5.74, 6) is 3.37. The van der Waals surface area contributed by atoms with Crippen LogP contribution in [-0.2, 0) is 0 Å². The molecule has 1 fully saturated rings. The summed E-state index contributed by atoms with van der Waals surface area (Å²) in [6.45, 7) is 5.83. The Morgan fingerprint density at radius 2 is 2.33 bits per heavy atom. The van der Waals surface area contributed by atoms with Gasteiger partial charge in [0.2, 0.25) is 0 Å². The highest BCUT2D eigenvalue weighted by Gasteiger charge is 2.16. The van der Waals surface area contributed by atoms with Gasteiger partial charge in [0, 0.05) is 12.5 Å². The highest BCUT2D eigenvalue weighted by atomic mass is 35.5. The van der Waals surface area contributed by atoms with Crippen LogP contribution in [0, 0.1) is 18.3 Å². The van der Waals surface area contributed by atoms with E-state index in [1.54, 1.807) is 0 Å². The van der Waals surface area contributed by atoms with Gasteiger partial charge in [-0.25, -0.2) is 0 Å². The van der Waals surface area contributed by atoms with Crippen LogP contribution < -0.4 is 0 Å². The number of hydrogen-bond acceptors (Lipinski definition) is 1. The van der Waals surface area contributed by atoms with Crippen molar-refractivity contribution in [3.63, 3.8) is 0 Å². The second-order valence-electron chi connectivity index (χ2n) is 3.31. The van der Waals surface area contributed by atoms with Crippen LogP contribution in [0.1, 0.15) is 26.2 Å².